The lowest BCUT2D eigenvalue weighted by Crippen LogP contribution is -2.13. The Hall–Kier alpha value is -1.41. The van der Waals surface area contributed by atoms with Crippen LogP contribution in [-0.2, 0) is 12.6 Å². The number of hydrogen-bond acceptors (Lipinski definition) is 5. The van der Waals surface area contributed by atoms with Gasteiger partial charge < -0.3 is 5.32 Å². The van der Waals surface area contributed by atoms with Gasteiger partial charge in [0, 0.05) is 17.1 Å². The summed E-state index contributed by atoms with van der Waals surface area (Å²) in [7, 11) is 0. The van der Waals surface area contributed by atoms with E-state index in [0.29, 0.717) is 0 Å². The van der Waals surface area contributed by atoms with Crippen LogP contribution < -0.4 is 5.32 Å². The number of nitrogens with one attached hydrogen (secondary N) is 1. The van der Waals surface area contributed by atoms with Gasteiger partial charge in [-0.05, 0) is 24.9 Å². The number of anilines is 1. The molecule has 9 heteroatoms. The fraction of sp³-hybridized carbons (Fsp3) is 0.417. The van der Waals surface area contributed by atoms with Gasteiger partial charge in [0.15, 0.2) is 5.69 Å². The van der Waals surface area contributed by atoms with Crippen molar-refractivity contribution in [1.29, 1.82) is 0 Å². The van der Waals surface area contributed by atoms with Gasteiger partial charge in [0.2, 0.25) is 5.28 Å². The number of halogens is 4. The third-order valence-electron chi connectivity index (χ3n) is 2.64. The highest BCUT2D eigenvalue weighted by atomic mass is 35.5. The molecule has 0 bridgehead atoms. The molecule has 0 saturated carbocycles. The number of thiazole rings is 1. The maximum absolute atomic E-state index is 12.7. The van der Waals surface area contributed by atoms with E-state index in [2.05, 4.69) is 20.3 Å². The number of aryl methyl sites for hydroxylation is 1. The first kappa shape index (κ1) is 16.0. The third-order valence-corrected chi connectivity index (χ3v) is 4.14. The fourth-order valence-electron chi connectivity index (χ4n) is 1.61. The summed E-state index contributed by atoms with van der Waals surface area (Å²) < 4.78 is 38.0. The van der Waals surface area contributed by atoms with Gasteiger partial charge in [0.05, 0.1) is 6.04 Å². The Kier molecular flexibility index (Phi) is 4.67. The van der Waals surface area contributed by atoms with Crippen LogP contribution in [0, 0.1) is 0 Å². The predicted molar refractivity (Wildman–Crippen MR) is 75.6 cm³/mol. The minimum absolute atomic E-state index is 0.0167. The van der Waals surface area contributed by atoms with Crippen LogP contribution in [-0.4, -0.2) is 15.0 Å². The van der Waals surface area contributed by atoms with E-state index in [1.54, 1.807) is 13.1 Å². The van der Waals surface area contributed by atoms with E-state index in [-0.39, 0.29) is 11.9 Å². The number of hydrogen-bond donors (Lipinski definition) is 1. The van der Waals surface area contributed by atoms with Crippen molar-refractivity contribution in [3.63, 3.8) is 0 Å². The largest absolute Gasteiger partial charge is 0.433 e. The molecular weight excluding hydrogens is 325 g/mol. The molecule has 0 aromatic carbocycles. The van der Waals surface area contributed by atoms with Gasteiger partial charge in [0.25, 0.3) is 0 Å². The molecular formula is C12H12ClF3N4S. The second-order valence-corrected chi connectivity index (χ2v) is 5.77. The second kappa shape index (κ2) is 6.15. The van der Waals surface area contributed by atoms with E-state index in [9.17, 15) is 13.2 Å². The second-order valence-electron chi connectivity index (χ2n) is 4.29. The summed E-state index contributed by atoms with van der Waals surface area (Å²) in [5, 5.41) is 3.18. The molecule has 114 valence electrons. The van der Waals surface area contributed by atoms with E-state index in [0.717, 1.165) is 22.4 Å². The average Bonchev–Trinajstić information content (AvgIpc) is 2.85. The summed E-state index contributed by atoms with van der Waals surface area (Å²) in [5.74, 6) is 0.0167. The fourth-order valence-corrected chi connectivity index (χ4v) is 2.65. The SMILES string of the molecule is CCc1cnc(C(C)Nc2cc(C(F)(F)F)nc(Cl)n2)s1. The first-order chi connectivity index (χ1) is 9.79. The molecule has 0 fully saturated rings. The van der Waals surface area contributed by atoms with Crippen molar-refractivity contribution in [2.45, 2.75) is 32.5 Å². The van der Waals surface area contributed by atoms with Crippen molar-refractivity contribution < 1.29 is 13.2 Å². The molecule has 0 saturated heterocycles. The lowest BCUT2D eigenvalue weighted by atomic mass is 10.3. The lowest BCUT2D eigenvalue weighted by molar-refractivity contribution is -0.141. The van der Waals surface area contributed by atoms with Crippen LogP contribution in [0.3, 0.4) is 0 Å². The molecule has 0 radical (unpaired) electrons. The van der Waals surface area contributed by atoms with Crippen molar-refractivity contribution in [2.75, 3.05) is 5.32 Å². The molecule has 0 spiro atoms. The monoisotopic (exact) mass is 336 g/mol. The summed E-state index contributed by atoms with van der Waals surface area (Å²) in [6, 6.07) is 0.554. The topological polar surface area (TPSA) is 50.7 Å². The zero-order valence-corrected chi connectivity index (χ0v) is 12.8. The van der Waals surface area contributed by atoms with Crippen molar-refractivity contribution in [2.24, 2.45) is 0 Å². The number of alkyl halides is 3. The van der Waals surface area contributed by atoms with Crippen LogP contribution in [0.15, 0.2) is 12.3 Å². The summed E-state index contributed by atoms with van der Waals surface area (Å²) in [6.07, 6.45) is -1.95. The first-order valence-electron chi connectivity index (χ1n) is 6.12. The van der Waals surface area contributed by atoms with E-state index < -0.39 is 17.2 Å². The van der Waals surface area contributed by atoms with Gasteiger partial charge in [-0.25, -0.2) is 15.0 Å². The van der Waals surface area contributed by atoms with Crippen LogP contribution >= 0.6 is 22.9 Å². The van der Waals surface area contributed by atoms with E-state index in [4.69, 9.17) is 11.6 Å². The van der Waals surface area contributed by atoms with Gasteiger partial charge in [0.1, 0.15) is 10.8 Å². The van der Waals surface area contributed by atoms with Gasteiger partial charge in [-0.2, -0.15) is 13.2 Å². The zero-order valence-electron chi connectivity index (χ0n) is 11.2. The molecule has 2 heterocycles. The minimum atomic E-state index is -4.57. The van der Waals surface area contributed by atoms with Crippen molar-refractivity contribution in [3.8, 4) is 0 Å². The van der Waals surface area contributed by atoms with Crippen LogP contribution in [0.1, 0.15) is 35.5 Å². The summed E-state index contributed by atoms with van der Waals surface area (Å²) in [5.41, 5.74) is -1.08. The van der Waals surface area contributed by atoms with E-state index in [1.165, 1.54) is 11.3 Å². The lowest BCUT2D eigenvalue weighted by Gasteiger charge is -2.13. The van der Waals surface area contributed by atoms with Crippen LogP contribution in [0.25, 0.3) is 0 Å². The Labute approximate surface area is 128 Å². The van der Waals surface area contributed by atoms with E-state index >= 15 is 0 Å². The van der Waals surface area contributed by atoms with Gasteiger partial charge >= 0.3 is 6.18 Å². The average molecular weight is 337 g/mol. The number of nitrogens with zero attached hydrogens (tertiary/aromatic N) is 3. The Balaban J connectivity index is 2.20. The Morgan fingerprint density at radius 3 is 2.67 bits per heavy atom. The molecule has 1 N–H and O–H groups in total. The molecule has 0 aliphatic heterocycles. The van der Waals surface area contributed by atoms with Crippen LogP contribution in [0.4, 0.5) is 19.0 Å². The summed E-state index contributed by atoms with van der Waals surface area (Å²) >= 11 is 7.04. The quantitative estimate of drug-likeness (QED) is 0.844. The summed E-state index contributed by atoms with van der Waals surface area (Å²) in [6.45, 7) is 3.80. The zero-order chi connectivity index (χ0) is 15.6. The summed E-state index contributed by atoms with van der Waals surface area (Å²) in [4.78, 5) is 12.3. The maximum atomic E-state index is 12.7. The van der Waals surface area contributed by atoms with Gasteiger partial charge in [-0.1, -0.05) is 6.92 Å². The Bertz CT molecular complexity index is 629. The van der Waals surface area contributed by atoms with Crippen LogP contribution in [0.2, 0.25) is 5.28 Å². The third kappa shape index (κ3) is 4.04. The van der Waals surface area contributed by atoms with Crippen molar-refractivity contribution in [3.05, 3.63) is 33.1 Å². The minimum Gasteiger partial charge on any atom is -0.361 e. The smallest absolute Gasteiger partial charge is 0.361 e. The van der Waals surface area contributed by atoms with Gasteiger partial charge in [-0.3, -0.25) is 0 Å². The molecule has 0 amide bonds. The Morgan fingerprint density at radius 2 is 2.10 bits per heavy atom. The normalized spacial score (nSPS) is 13.2. The predicted octanol–water partition coefficient (Wildman–Crippen LogP) is 4.34. The number of aromatic nitrogens is 3. The first-order valence-corrected chi connectivity index (χ1v) is 7.32. The van der Waals surface area contributed by atoms with Crippen molar-refractivity contribution >= 4 is 28.8 Å². The number of rotatable bonds is 4. The maximum Gasteiger partial charge on any atom is 0.433 e. The molecule has 21 heavy (non-hydrogen) atoms. The molecule has 2 aromatic heterocycles. The molecule has 1 atom stereocenters. The molecule has 0 aliphatic rings. The Morgan fingerprint density at radius 1 is 1.38 bits per heavy atom. The molecule has 1 unspecified atom stereocenters. The van der Waals surface area contributed by atoms with E-state index in [1.807, 2.05) is 6.92 Å². The highest BCUT2D eigenvalue weighted by Gasteiger charge is 2.33. The van der Waals surface area contributed by atoms with Crippen molar-refractivity contribution in [1.82, 2.24) is 15.0 Å². The molecule has 4 nitrogen and oxygen atoms in total. The van der Waals surface area contributed by atoms with Gasteiger partial charge in [-0.15, -0.1) is 11.3 Å². The molecule has 2 rings (SSSR count). The van der Waals surface area contributed by atoms with Crippen LogP contribution in [0.5, 0.6) is 0 Å². The standard InChI is InChI=1S/C12H12ClF3N4S/c1-3-7-5-17-10(21-7)6(2)18-9-4-8(12(14,15)16)19-11(13)20-9/h4-6H,3H2,1-2H3,(H,18,19,20). The molecule has 0 aliphatic carbocycles. The highest BCUT2D eigenvalue weighted by molar-refractivity contribution is 7.11. The molecule has 2 aromatic rings. The highest BCUT2D eigenvalue weighted by Crippen LogP contribution is 2.31.